The van der Waals surface area contributed by atoms with E-state index >= 15 is 0 Å². The van der Waals surface area contributed by atoms with E-state index in [2.05, 4.69) is 20.7 Å². The first-order chi connectivity index (χ1) is 11.2. The number of hydrogen-bond donors (Lipinski definition) is 3. The zero-order chi connectivity index (χ0) is 15.8. The van der Waals surface area contributed by atoms with Gasteiger partial charge in [0.25, 0.3) is 5.95 Å². The Balaban J connectivity index is 1.50. The van der Waals surface area contributed by atoms with Crippen LogP contribution in [0.2, 0.25) is 0 Å². The van der Waals surface area contributed by atoms with Crippen LogP contribution in [0.3, 0.4) is 0 Å². The molecule has 2 heterocycles. The van der Waals surface area contributed by atoms with Crippen molar-refractivity contribution in [3.63, 3.8) is 0 Å². The highest BCUT2D eigenvalue weighted by atomic mass is 16.3. The molecular weight excluding hydrogens is 294 g/mol. The van der Waals surface area contributed by atoms with Crippen molar-refractivity contribution in [1.29, 1.82) is 0 Å². The predicted molar refractivity (Wildman–Crippen MR) is 84.0 cm³/mol. The molecule has 1 aliphatic rings. The third kappa shape index (κ3) is 2.51. The van der Waals surface area contributed by atoms with Gasteiger partial charge in [0.2, 0.25) is 0 Å². The van der Waals surface area contributed by atoms with Gasteiger partial charge >= 0.3 is 6.03 Å². The van der Waals surface area contributed by atoms with Crippen LogP contribution in [0.1, 0.15) is 17.2 Å². The lowest BCUT2D eigenvalue weighted by Crippen LogP contribution is -2.37. The van der Waals surface area contributed by atoms with Gasteiger partial charge in [-0.3, -0.25) is 5.32 Å². The minimum Gasteiger partial charge on any atom is -0.390 e. The molecule has 2 atom stereocenters. The van der Waals surface area contributed by atoms with E-state index < -0.39 is 18.2 Å². The molecule has 0 fully saturated rings. The number of nitrogens with zero attached hydrogens (tertiary/aromatic N) is 3. The molecule has 0 bridgehead atoms. The Hall–Kier alpha value is -2.93. The maximum atomic E-state index is 12.2. The third-order valence-corrected chi connectivity index (χ3v) is 3.96. The quantitative estimate of drug-likeness (QED) is 0.669. The Labute approximate surface area is 132 Å². The summed E-state index contributed by atoms with van der Waals surface area (Å²) in [4.78, 5) is 16.4. The molecule has 0 radical (unpaired) electrons. The Bertz CT molecular complexity index is 843. The first-order valence-corrected chi connectivity index (χ1v) is 7.35. The molecule has 116 valence electrons. The third-order valence-electron chi connectivity index (χ3n) is 3.96. The van der Waals surface area contributed by atoms with E-state index in [1.54, 1.807) is 16.8 Å². The van der Waals surface area contributed by atoms with Gasteiger partial charge in [0, 0.05) is 12.6 Å². The maximum Gasteiger partial charge on any atom is 0.322 e. The molecule has 1 aromatic carbocycles. The lowest BCUT2D eigenvalue weighted by molar-refractivity contribution is 0.144. The SMILES string of the molecule is O=C(Nc1nc2ccccn2n1)N[C@H]1c2ccccc2C[C@H]1O. The van der Waals surface area contributed by atoms with Crippen molar-refractivity contribution in [3.8, 4) is 0 Å². The van der Waals surface area contributed by atoms with E-state index in [1.807, 2.05) is 36.4 Å². The van der Waals surface area contributed by atoms with E-state index in [1.165, 1.54) is 0 Å². The van der Waals surface area contributed by atoms with Crippen LogP contribution >= 0.6 is 0 Å². The fourth-order valence-corrected chi connectivity index (χ4v) is 2.91. The van der Waals surface area contributed by atoms with Gasteiger partial charge in [-0.2, -0.15) is 4.98 Å². The van der Waals surface area contributed by atoms with E-state index in [4.69, 9.17) is 0 Å². The lowest BCUT2D eigenvalue weighted by atomic mass is 10.1. The van der Waals surface area contributed by atoms with E-state index in [0.29, 0.717) is 12.1 Å². The molecule has 7 heteroatoms. The molecular formula is C16H15N5O2. The van der Waals surface area contributed by atoms with Crippen LogP contribution in [0.5, 0.6) is 0 Å². The summed E-state index contributed by atoms with van der Waals surface area (Å²) in [7, 11) is 0. The van der Waals surface area contributed by atoms with Gasteiger partial charge in [-0.1, -0.05) is 30.3 Å². The van der Waals surface area contributed by atoms with Crippen molar-refractivity contribution in [2.75, 3.05) is 5.32 Å². The standard InChI is InChI=1S/C16H15N5O2/c22-12-9-10-5-1-2-6-11(10)14(12)18-16(23)19-15-17-13-7-3-4-8-21(13)20-15/h1-8,12,14,22H,9H2,(H2,18,19,20,23)/t12-,14+/m1/s1. The minimum absolute atomic E-state index is 0.217. The van der Waals surface area contributed by atoms with Gasteiger partial charge in [-0.05, 0) is 23.3 Å². The molecule has 1 aliphatic carbocycles. The average Bonchev–Trinajstić information content (AvgIpc) is 3.08. The van der Waals surface area contributed by atoms with Crippen LogP contribution < -0.4 is 10.6 Å². The van der Waals surface area contributed by atoms with Gasteiger partial charge in [-0.15, -0.1) is 5.10 Å². The molecule has 0 saturated carbocycles. The number of hydrogen-bond acceptors (Lipinski definition) is 4. The molecule has 23 heavy (non-hydrogen) atoms. The molecule has 4 rings (SSSR count). The van der Waals surface area contributed by atoms with Crippen LogP contribution in [0.15, 0.2) is 48.7 Å². The number of nitrogens with one attached hydrogen (secondary N) is 2. The van der Waals surface area contributed by atoms with E-state index in [9.17, 15) is 9.90 Å². The van der Waals surface area contributed by atoms with Crippen LogP contribution in [-0.4, -0.2) is 31.8 Å². The Kier molecular flexibility index (Phi) is 3.20. The largest absolute Gasteiger partial charge is 0.390 e. The molecule has 0 spiro atoms. The Morgan fingerprint density at radius 1 is 1.22 bits per heavy atom. The average molecular weight is 309 g/mol. The second kappa shape index (κ2) is 5.36. The first kappa shape index (κ1) is 13.7. The van der Waals surface area contributed by atoms with E-state index in [0.717, 1.165) is 11.1 Å². The normalized spacial score (nSPS) is 19.5. The van der Waals surface area contributed by atoms with Crippen LogP contribution in [0.25, 0.3) is 5.65 Å². The summed E-state index contributed by atoms with van der Waals surface area (Å²) in [5, 5.41) is 19.7. The topological polar surface area (TPSA) is 91.6 Å². The summed E-state index contributed by atoms with van der Waals surface area (Å²) < 4.78 is 1.58. The summed E-state index contributed by atoms with van der Waals surface area (Å²) in [5.74, 6) is 0.217. The van der Waals surface area contributed by atoms with Crippen molar-refractivity contribution in [2.45, 2.75) is 18.6 Å². The number of urea groups is 1. The zero-order valence-corrected chi connectivity index (χ0v) is 12.2. The first-order valence-electron chi connectivity index (χ1n) is 7.35. The van der Waals surface area contributed by atoms with Crippen molar-refractivity contribution < 1.29 is 9.90 Å². The summed E-state index contributed by atoms with van der Waals surface area (Å²) in [5.41, 5.74) is 2.64. The highest BCUT2D eigenvalue weighted by Gasteiger charge is 2.32. The van der Waals surface area contributed by atoms with Gasteiger partial charge in [0.05, 0.1) is 12.1 Å². The molecule has 2 amide bonds. The molecule has 7 nitrogen and oxygen atoms in total. The fourth-order valence-electron chi connectivity index (χ4n) is 2.91. The number of anilines is 1. The lowest BCUT2D eigenvalue weighted by Gasteiger charge is -2.17. The molecule has 0 aliphatic heterocycles. The zero-order valence-electron chi connectivity index (χ0n) is 12.2. The number of aromatic nitrogens is 3. The van der Waals surface area contributed by atoms with Crippen LogP contribution in [0.4, 0.5) is 10.7 Å². The van der Waals surface area contributed by atoms with Crippen molar-refractivity contribution in [2.24, 2.45) is 0 Å². The molecule has 3 aromatic rings. The number of fused-ring (bicyclic) bond motifs is 2. The summed E-state index contributed by atoms with van der Waals surface area (Å²) in [6.45, 7) is 0. The fraction of sp³-hybridized carbons (Fsp3) is 0.188. The second-order valence-corrected chi connectivity index (χ2v) is 5.49. The molecule has 2 aromatic heterocycles. The Morgan fingerprint density at radius 3 is 2.91 bits per heavy atom. The van der Waals surface area contributed by atoms with Gasteiger partial charge in [0.1, 0.15) is 0 Å². The van der Waals surface area contributed by atoms with Crippen molar-refractivity contribution in [3.05, 3.63) is 59.8 Å². The Morgan fingerprint density at radius 2 is 2.04 bits per heavy atom. The number of carbonyl (C=O) groups is 1. The highest BCUT2D eigenvalue weighted by molar-refractivity contribution is 5.88. The number of rotatable bonds is 2. The smallest absolute Gasteiger partial charge is 0.322 e. The van der Waals surface area contributed by atoms with Crippen LogP contribution in [-0.2, 0) is 6.42 Å². The maximum absolute atomic E-state index is 12.2. The highest BCUT2D eigenvalue weighted by Crippen LogP contribution is 2.31. The van der Waals surface area contributed by atoms with E-state index in [-0.39, 0.29) is 5.95 Å². The van der Waals surface area contributed by atoms with Gasteiger partial charge in [-0.25, -0.2) is 9.31 Å². The number of aliphatic hydroxyl groups excluding tert-OH is 1. The summed E-state index contributed by atoms with van der Waals surface area (Å²) >= 11 is 0. The number of carbonyl (C=O) groups excluding carboxylic acids is 1. The number of benzene rings is 1. The van der Waals surface area contributed by atoms with Gasteiger partial charge < -0.3 is 10.4 Å². The molecule has 3 N–H and O–H groups in total. The number of aliphatic hydroxyl groups is 1. The monoisotopic (exact) mass is 309 g/mol. The second-order valence-electron chi connectivity index (χ2n) is 5.49. The summed E-state index contributed by atoms with van der Waals surface area (Å²) in [6, 6.07) is 12.3. The van der Waals surface area contributed by atoms with Gasteiger partial charge in [0.15, 0.2) is 5.65 Å². The molecule has 0 unspecified atom stereocenters. The number of pyridine rings is 1. The number of amides is 2. The van der Waals surface area contributed by atoms with Crippen molar-refractivity contribution >= 4 is 17.6 Å². The molecule has 0 saturated heterocycles. The predicted octanol–water partition coefficient (Wildman–Crippen LogP) is 1.51. The van der Waals surface area contributed by atoms with Crippen molar-refractivity contribution in [1.82, 2.24) is 19.9 Å². The van der Waals surface area contributed by atoms with Crippen LogP contribution in [0, 0.1) is 0 Å². The summed E-state index contributed by atoms with van der Waals surface area (Å²) in [6.07, 6.45) is 1.66. The minimum atomic E-state index is -0.632.